The van der Waals surface area contributed by atoms with E-state index in [1.165, 1.54) is 6.92 Å². The SMILES string of the molecule is C=CCC(OCc1ccccc1)[C@@H](C)Oc1nc(C(=O)OC)c(NC(=O)OCCCC)cc1C(F)(F)F. The maximum Gasteiger partial charge on any atom is 0.421 e. The number of benzene rings is 1. The highest BCUT2D eigenvalue weighted by atomic mass is 19.4. The number of hydrogen-bond donors (Lipinski definition) is 1. The highest BCUT2D eigenvalue weighted by Gasteiger charge is 2.38. The van der Waals surface area contributed by atoms with Gasteiger partial charge in [-0.3, -0.25) is 5.32 Å². The Morgan fingerprint density at radius 3 is 2.51 bits per heavy atom. The summed E-state index contributed by atoms with van der Waals surface area (Å²) in [4.78, 5) is 28.2. The number of methoxy groups -OCH3 is 1. The number of nitrogens with zero attached hydrogens (tertiary/aromatic N) is 1. The van der Waals surface area contributed by atoms with E-state index in [0.717, 1.165) is 19.1 Å². The van der Waals surface area contributed by atoms with E-state index in [2.05, 4.69) is 21.6 Å². The molecule has 1 unspecified atom stereocenters. The molecule has 0 saturated heterocycles. The summed E-state index contributed by atoms with van der Waals surface area (Å²) in [5.74, 6) is -1.93. The molecule has 0 fully saturated rings. The Morgan fingerprint density at radius 2 is 1.92 bits per heavy atom. The van der Waals surface area contributed by atoms with Gasteiger partial charge in [0.1, 0.15) is 11.7 Å². The van der Waals surface area contributed by atoms with Crippen LogP contribution in [0.1, 0.15) is 54.7 Å². The molecular formula is C26H31F3N2O6. The van der Waals surface area contributed by atoms with Gasteiger partial charge in [0.05, 0.1) is 32.1 Å². The van der Waals surface area contributed by atoms with Crippen LogP contribution in [-0.2, 0) is 27.0 Å². The monoisotopic (exact) mass is 524 g/mol. The van der Waals surface area contributed by atoms with E-state index in [1.54, 1.807) is 6.08 Å². The van der Waals surface area contributed by atoms with Gasteiger partial charge in [-0.15, -0.1) is 6.58 Å². The van der Waals surface area contributed by atoms with Crippen molar-refractivity contribution in [1.29, 1.82) is 0 Å². The van der Waals surface area contributed by atoms with Gasteiger partial charge in [0, 0.05) is 0 Å². The molecule has 1 amide bonds. The van der Waals surface area contributed by atoms with Gasteiger partial charge in [0.15, 0.2) is 5.69 Å². The molecule has 1 aromatic carbocycles. The summed E-state index contributed by atoms with van der Waals surface area (Å²) in [7, 11) is 1.03. The van der Waals surface area contributed by atoms with Gasteiger partial charge in [0.2, 0.25) is 5.88 Å². The molecular weight excluding hydrogens is 493 g/mol. The zero-order chi connectivity index (χ0) is 27.4. The van der Waals surface area contributed by atoms with Gasteiger partial charge in [-0.1, -0.05) is 49.8 Å². The van der Waals surface area contributed by atoms with Crippen molar-refractivity contribution in [3.8, 4) is 5.88 Å². The summed E-state index contributed by atoms with van der Waals surface area (Å²) in [5, 5.41) is 2.14. The fourth-order valence-corrected chi connectivity index (χ4v) is 3.18. The third-order valence-electron chi connectivity index (χ3n) is 5.17. The van der Waals surface area contributed by atoms with Crippen molar-refractivity contribution in [2.45, 2.75) is 58.1 Å². The van der Waals surface area contributed by atoms with Crippen molar-refractivity contribution in [1.82, 2.24) is 4.98 Å². The Balaban J connectivity index is 2.36. The van der Waals surface area contributed by atoms with Gasteiger partial charge >= 0.3 is 18.2 Å². The maximum absolute atomic E-state index is 14.0. The van der Waals surface area contributed by atoms with Crippen LogP contribution >= 0.6 is 0 Å². The van der Waals surface area contributed by atoms with Crippen LogP contribution in [0.2, 0.25) is 0 Å². The Kier molecular flexibility index (Phi) is 11.4. The molecule has 8 nitrogen and oxygen atoms in total. The van der Waals surface area contributed by atoms with Gasteiger partial charge < -0.3 is 18.9 Å². The van der Waals surface area contributed by atoms with E-state index in [1.807, 2.05) is 37.3 Å². The first-order valence-electron chi connectivity index (χ1n) is 11.7. The van der Waals surface area contributed by atoms with Crippen molar-refractivity contribution in [3.05, 3.63) is 65.9 Å². The summed E-state index contributed by atoms with van der Waals surface area (Å²) in [6.07, 6.45) is -4.40. The number of nitrogens with one attached hydrogen (secondary N) is 1. The van der Waals surface area contributed by atoms with Crippen LogP contribution in [0.4, 0.5) is 23.7 Å². The molecule has 1 N–H and O–H groups in total. The van der Waals surface area contributed by atoms with Gasteiger partial charge in [0.25, 0.3) is 0 Å². The fraction of sp³-hybridized carbons (Fsp3) is 0.423. The number of carbonyl (C=O) groups excluding carboxylic acids is 2. The quantitative estimate of drug-likeness (QED) is 0.190. The second-order valence-corrected chi connectivity index (χ2v) is 8.02. The average molecular weight is 525 g/mol. The summed E-state index contributed by atoms with van der Waals surface area (Å²) in [6, 6.07) is 9.79. The lowest BCUT2D eigenvalue weighted by Gasteiger charge is -2.26. The zero-order valence-electron chi connectivity index (χ0n) is 21.0. The molecule has 2 rings (SSSR count). The highest BCUT2D eigenvalue weighted by Crippen LogP contribution is 2.38. The average Bonchev–Trinajstić information content (AvgIpc) is 2.86. The number of anilines is 1. The Labute approximate surface area is 213 Å². The number of alkyl halides is 3. The molecule has 0 saturated carbocycles. The lowest BCUT2D eigenvalue weighted by molar-refractivity contribution is -0.140. The summed E-state index contributed by atoms with van der Waals surface area (Å²) >= 11 is 0. The number of aromatic nitrogens is 1. The molecule has 0 bridgehead atoms. The molecule has 1 aromatic heterocycles. The van der Waals surface area contributed by atoms with Crippen LogP contribution < -0.4 is 10.1 Å². The molecule has 0 aliphatic heterocycles. The zero-order valence-corrected chi connectivity index (χ0v) is 21.0. The predicted molar refractivity (Wildman–Crippen MR) is 130 cm³/mol. The van der Waals surface area contributed by atoms with E-state index in [0.29, 0.717) is 12.5 Å². The van der Waals surface area contributed by atoms with Crippen LogP contribution in [0, 0.1) is 0 Å². The predicted octanol–water partition coefficient (Wildman–Crippen LogP) is 6.16. The normalized spacial score (nSPS) is 12.8. The van der Waals surface area contributed by atoms with Crippen LogP contribution in [-0.4, -0.2) is 43.0 Å². The minimum atomic E-state index is -4.92. The molecule has 0 aliphatic carbocycles. The molecule has 2 aromatic rings. The number of ether oxygens (including phenoxy) is 4. The van der Waals surface area contributed by atoms with E-state index in [4.69, 9.17) is 14.2 Å². The van der Waals surface area contributed by atoms with Crippen LogP contribution in [0.15, 0.2) is 49.1 Å². The van der Waals surface area contributed by atoms with Crippen molar-refractivity contribution in [3.63, 3.8) is 0 Å². The number of rotatable bonds is 13. The minimum Gasteiger partial charge on any atom is -0.471 e. The number of halogens is 3. The van der Waals surface area contributed by atoms with E-state index in [-0.39, 0.29) is 19.6 Å². The molecule has 0 aliphatic rings. The lowest BCUT2D eigenvalue weighted by Crippen LogP contribution is -2.32. The van der Waals surface area contributed by atoms with Crippen LogP contribution in [0.25, 0.3) is 0 Å². The number of carbonyl (C=O) groups is 2. The highest BCUT2D eigenvalue weighted by molar-refractivity contribution is 5.98. The molecule has 1 heterocycles. The number of amides is 1. The molecule has 202 valence electrons. The van der Waals surface area contributed by atoms with Crippen molar-refractivity contribution in [2.24, 2.45) is 0 Å². The lowest BCUT2D eigenvalue weighted by atomic mass is 10.1. The smallest absolute Gasteiger partial charge is 0.421 e. The third-order valence-corrected chi connectivity index (χ3v) is 5.17. The van der Waals surface area contributed by atoms with Gasteiger partial charge in [-0.05, 0) is 31.4 Å². The summed E-state index contributed by atoms with van der Waals surface area (Å²) in [6.45, 7) is 7.33. The fourth-order valence-electron chi connectivity index (χ4n) is 3.18. The summed E-state index contributed by atoms with van der Waals surface area (Å²) in [5.41, 5.74) is -1.53. The van der Waals surface area contributed by atoms with Crippen LogP contribution in [0.3, 0.4) is 0 Å². The number of esters is 1. The molecule has 37 heavy (non-hydrogen) atoms. The Bertz CT molecular complexity index is 1050. The number of pyridine rings is 1. The first-order valence-corrected chi connectivity index (χ1v) is 11.7. The molecule has 11 heteroatoms. The number of unbranched alkanes of at least 4 members (excludes halogenated alkanes) is 1. The van der Waals surface area contributed by atoms with Gasteiger partial charge in [-0.25, -0.2) is 14.6 Å². The standard InChI is InChI=1S/C26H31F3N2O6/c1-5-7-14-35-25(33)30-20-15-19(26(27,28)29)23(31-22(20)24(32)34-4)37-17(3)21(11-6-2)36-16-18-12-9-8-10-13-18/h6,8-10,12-13,15,17,21H,2,5,7,11,14,16H2,1,3-4H3,(H,30,33)/t17-,21?/m1/s1. The van der Waals surface area contributed by atoms with Crippen molar-refractivity contribution < 1.29 is 41.7 Å². The van der Waals surface area contributed by atoms with E-state index in [9.17, 15) is 22.8 Å². The Hall–Kier alpha value is -3.60. The number of hydrogen-bond acceptors (Lipinski definition) is 7. The summed E-state index contributed by atoms with van der Waals surface area (Å²) < 4.78 is 63.0. The van der Waals surface area contributed by atoms with E-state index >= 15 is 0 Å². The first-order chi connectivity index (χ1) is 17.6. The molecule has 2 atom stereocenters. The third kappa shape index (κ3) is 9.09. The second-order valence-electron chi connectivity index (χ2n) is 8.02. The van der Waals surface area contributed by atoms with Crippen molar-refractivity contribution >= 4 is 17.7 Å². The molecule has 0 radical (unpaired) electrons. The maximum atomic E-state index is 14.0. The Morgan fingerprint density at radius 1 is 1.22 bits per heavy atom. The van der Waals surface area contributed by atoms with Crippen molar-refractivity contribution in [2.75, 3.05) is 19.0 Å². The van der Waals surface area contributed by atoms with Gasteiger partial charge in [-0.2, -0.15) is 13.2 Å². The largest absolute Gasteiger partial charge is 0.471 e. The van der Waals surface area contributed by atoms with Crippen LogP contribution in [0.5, 0.6) is 5.88 Å². The second kappa shape index (κ2) is 14.2. The topological polar surface area (TPSA) is 96.0 Å². The first kappa shape index (κ1) is 29.6. The molecule has 0 spiro atoms. The van der Waals surface area contributed by atoms with E-state index < -0.39 is 53.3 Å². The minimum absolute atomic E-state index is 0.0574.